The van der Waals surface area contributed by atoms with Crippen LogP contribution < -0.4 is 0 Å². The highest BCUT2D eigenvalue weighted by Crippen LogP contribution is 2.40. The molecule has 0 N–H and O–H groups in total. The van der Waals surface area contributed by atoms with Crippen molar-refractivity contribution < 1.29 is 34.6 Å². The van der Waals surface area contributed by atoms with E-state index in [1.54, 1.807) is 0 Å². The van der Waals surface area contributed by atoms with Crippen LogP contribution in [0, 0.1) is 0 Å². The minimum atomic E-state index is -6.74. The predicted octanol–water partition coefficient (Wildman–Crippen LogP) is 1.63. The fourth-order valence-corrected chi connectivity index (χ4v) is 0.647. The third-order valence-corrected chi connectivity index (χ3v) is 1.73. The molecule has 0 saturated heterocycles. The van der Waals surface area contributed by atoms with Gasteiger partial charge in [-0.1, -0.05) is 10.5 Å². The molecule has 78 valence electrons. The van der Waals surface area contributed by atoms with Crippen molar-refractivity contribution in [2.24, 2.45) is 0 Å². The third kappa shape index (κ3) is 2.08. The highest BCUT2D eigenvalue weighted by molar-refractivity contribution is 7.87. The highest BCUT2D eigenvalue weighted by Gasteiger charge is 2.69. The van der Waals surface area contributed by atoms with Crippen molar-refractivity contribution in [1.29, 1.82) is 0 Å². The van der Waals surface area contributed by atoms with Gasteiger partial charge in [0.25, 0.3) is 0 Å². The van der Waals surface area contributed by atoms with Gasteiger partial charge in [-0.2, -0.15) is 26.0 Å². The zero-order chi connectivity index (χ0) is 10.9. The van der Waals surface area contributed by atoms with Crippen LogP contribution in [0.1, 0.15) is 0 Å². The van der Waals surface area contributed by atoms with Crippen LogP contribution in [0.2, 0.25) is 0 Å². The van der Waals surface area contributed by atoms with Crippen LogP contribution in [0.5, 0.6) is 0 Å². The molecular weight excluding hydrogens is 223 g/mol. The van der Waals surface area contributed by atoms with Crippen LogP contribution in [-0.2, 0) is 15.0 Å². The molecule has 13 heavy (non-hydrogen) atoms. The quantitative estimate of drug-likeness (QED) is 0.415. The molecule has 0 aromatic heterocycles. The number of alkyl halides is 4. The average Bonchev–Trinajstić information content (AvgIpc) is 1.84. The van der Waals surface area contributed by atoms with E-state index < -0.39 is 21.6 Å². The molecule has 0 heterocycles. The lowest BCUT2D eigenvalue weighted by Crippen LogP contribution is -2.46. The SMILES string of the molecule is C=COC(F)(F)C(F)(F)S(=O)(=O)F. The zero-order valence-electron chi connectivity index (χ0n) is 5.81. The second-order valence-corrected chi connectivity index (χ2v) is 3.14. The molecule has 0 fully saturated rings. The molecule has 0 amide bonds. The van der Waals surface area contributed by atoms with Crippen molar-refractivity contribution in [2.75, 3.05) is 0 Å². The summed E-state index contributed by atoms with van der Waals surface area (Å²) in [6.07, 6.45) is -5.61. The number of rotatable bonds is 4. The van der Waals surface area contributed by atoms with Gasteiger partial charge in [-0.25, -0.2) is 0 Å². The monoisotopic (exact) mass is 226 g/mol. The Morgan fingerprint density at radius 1 is 1.23 bits per heavy atom. The fraction of sp³-hybridized carbons (Fsp3) is 0.500. The molecular formula is C4H3F5O3S. The summed E-state index contributed by atoms with van der Waals surface area (Å²) in [7, 11) is -6.74. The molecule has 0 rings (SSSR count). The van der Waals surface area contributed by atoms with Gasteiger partial charge in [0.15, 0.2) is 0 Å². The lowest BCUT2D eigenvalue weighted by Gasteiger charge is -2.20. The van der Waals surface area contributed by atoms with Crippen LogP contribution in [-0.4, -0.2) is 19.8 Å². The van der Waals surface area contributed by atoms with Gasteiger partial charge < -0.3 is 4.74 Å². The van der Waals surface area contributed by atoms with Crippen LogP contribution in [0.15, 0.2) is 12.8 Å². The molecule has 0 aliphatic heterocycles. The summed E-state index contributed by atoms with van der Waals surface area (Å²) in [5, 5.41) is -5.94. The average molecular weight is 226 g/mol. The Hall–Kier alpha value is -0.860. The Kier molecular flexibility index (Phi) is 2.92. The predicted molar refractivity (Wildman–Crippen MR) is 31.2 cm³/mol. The summed E-state index contributed by atoms with van der Waals surface area (Å²) in [4.78, 5) is 0. The van der Waals surface area contributed by atoms with Gasteiger partial charge in [-0.05, 0) is 0 Å². The van der Waals surface area contributed by atoms with Gasteiger partial charge in [0.05, 0.1) is 6.26 Å². The van der Waals surface area contributed by atoms with E-state index >= 15 is 0 Å². The maximum Gasteiger partial charge on any atom is 0.482 e. The number of ether oxygens (including phenoxy) is 1. The Bertz CT molecular complexity index is 295. The van der Waals surface area contributed by atoms with Gasteiger partial charge in [0.1, 0.15) is 0 Å². The van der Waals surface area contributed by atoms with E-state index in [9.17, 15) is 29.9 Å². The second-order valence-electron chi connectivity index (χ2n) is 1.76. The summed E-state index contributed by atoms with van der Waals surface area (Å²) in [5.41, 5.74) is 0. The number of hydrogen-bond donors (Lipinski definition) is 0. The minimum Gasteiger partial charge on any atom is -0.436 e. The fourth-order valence-electron chi connectivity index (χ4n) is 0.315. The van der Waals surface area contributed by atoms with Crippen LogP contribution in [0.3, 0.4) is 0 Å². The minimum absolute atomic E-state index is 0.126. The summed E-state index contributed by atoms with van der Waals surface area (Å²) >= 11 is 0. The molecule has 0 spiro atoms. The summed E-state index contributed by atoms with van der Waals surface area (Å²) in [6, 6.07) is 0. The molecule has 0 saturated carbocycles. The van der Waals surface area contributed by atoms with Crippen LogP contribution in [0.25, 0.3) is 0 Å². The first-order valence-electron chi connectivity index (χ1n) is 2.55. The van der Waals surface area contributed by atoms with E-state index in [-0.39, 0.29) is 6.26 Å². The molecule has 9 heteroatoms. The lowest BCUT2D eigenvalue weighted by atomic mass is 10.6. The standard InChI is InChI=1S/C4H3F5O3S/c1-2-12-3(5,6)4(7,8)13(9,10)11/h2H,1H2. The molecule has 0 aromatic rings. The number of hydrogen-bond acceptors (Lipinski definition) is 3. The summed E-state index contributed by atoms with van der Waals surface area (Å²) in [5.74, 6) is 0. The van der Waals surface area contributed by atoms with Gasteiger partial charge >= 0.3 is 21.6 Å². The molecule has 0 radical (unpaired) electrons. The number of halogens is 5. The van der Waals surface area contributed by atoms with Crippen molar-refractivity contribution in [3.63, 3.8) is 0 Å². The Morgan fingerprint density at radius 3 is 1.85 bits per heavy atom. The molecule has 0 atom stereocenters. The van der Waals surface area contributed by atoms with Crippen molar-refractivity contribution in [1.82, 2.24) is 0 Å². The van der Waals surface area contributed by atoms with Crippen molar-refractivity contribution >= 4 is 10.2 Å². The summed E-state index contributed by atoms with van der Waals surface area (Å²) < 4.78 is 81.7. The van der Waals surface area contributed by atoms with Gasteiger partial charge in [0.2, 0.25) is 0 Å². The Labute approximate surface area is 70.0 Å². The second kappa shape index (κ2) is 3.13. The van der Waals surface area contributed by atoms with E-state index in [1.165, 1.54) is 0 Å². The first kappa shape index (κ1) is 12.1. The first-order valence-corrected chi connectivity index (χ1v) is 3.93. The van der Waals surface area contributed by atoms with Gasteiger partial charge in [-0.3, -0.25) is 0 Å². The van der Waals surface area contributed by atoms with Crippen LogP contribution in [0.4, 0.5) is 21.4 Å². The van der Waals surface area contributed by atoms with Crippen molar-refractivity contribution in [2.45, 2.75) is 11.4 Å². The lowest BCUT2D eigenvalue weighted by molar-refractivity contribution is -0.294. The maximum atomic E-state index is 12.0. The highest BCUT2D eigenvalue weighted by atomic mass is 32.3. The zero-order valence-corrected chi connectivity index (χ0v) is 6.62. The third-order valence-electron chi connectivity index (χ3n) is 0.876. The van der Waals surface area contributed by atoms with E-state index in [0.29, 0.717) is 0 Å². The van der Waals surface area contributed by atoms with E-state index in [0.717, 1.165) is 0 Å². The van der Waals surface area contributed by atoms with E-state index in [2.05, 4.69) is 11.3 Å². The molecule has 0 bridgehead atoms. The molecule has 0 unspecified atom stereocenters. The summed E-state index contributed by atoms with van der Waals surface area (Å²) in [6.45, 7) is 2.49. The Morgan fingerprint density at radius 2 is 1.62 bits per heavy atom. The largest absolute Gasteiger partial charge is 0.482 e. The van der Waals surface area contributed by atoms with Gasteiger partial charge in [-0.15, -0.1) is 0 Å². The molecule has 3 nitrogen and oxygen atoms in total. The molecule has 0 aromatic carbocycles. The molecule has 0 aliphatic carbocycles. The van der Waals surface area contributed by atoms with Crippen LogP contribution >= 0.6 is 0 Å². The van der Waals surface area contributed by atoms with Crippen molar-refractivity contribution in [3.05, 3.63) is 12.8 Å². The van der Waals surface area contributed by atoms with Gasteiger partial charge in [0, 0.05) is 0 Å². The van der Waals surface area contributed by atoms with E-state index in [4.69, 9.17) is 0 Å². The topological polar surface area (TPSA) is 43.4 Å². The smallest absolute Gasteiger partial charge is 0.436 e. The Balaban J connectivity index is 5.15. The van der Waals surface area contributed by atoms with E-state index in [1.807, 2.05) is 0 Å². The normalized spacial score (nSPS) is 13.9. The molecule has 0 aliphatic rings. The van der Waals surface area contributed by atoms with Crippen molar-refractivity contribution in [3.8, 4) is 0 Å². The first-order chi connectivity index (χ1) is 5.56. The maximum absolute atomic E-state index is 12.0.